The van der Waals surface area contributed by atoms with Crippen molar-refractivity contribution in [3.8, 4) is 0 Å². The molecule has 0 spiro atoms. The minimum atomic E-state index is -3.83. The Morgan fingerprint density at radius 1 is 1.33 bits per heavy atom. The highest BCUT2D eigenvalue weighted by molar-refractivity contribution is 7.82. The molecule has 15 heavy (non-hydrogen) atoms. The molecule has 0 amide bonds. The van der Waals surface area contributed by atoms with Crippen molar-refractivity contribution in [1.82, 2.24) is 0 Å². The summed E-state index contributed by atoms with van der Waals surface area (Å²) in [6.45, 7) is 3.97. The highest BCUT2D eigenvalue weighted by Crippen LogP contribution is 2.19. The summed E-state index contributed by atoms with van der Waals surface area (Å²) in [5.41, 5.74) is 0.167. The van der Waals surface area contributed by atoms with Crippen LogP contribution >= 0.6 is 12.6 Å². The third-order valence-corrected chi connectivity index (χ3v) is 1.33. The second kappa shape index (κ2) is 5.69. The third kappa shape index (κ3) is 6.05. The van der Waals surface area contributed by atoms with Gasteiger partial charge in [-0.15, -0.1) is 0 Å². The minimum Gasteiger partial charge on any atom is -0.459 e. The number of hydrogen-bond acceptors (Lipinski definition) is 5. The summed E-state index contributed by atoms with van der Waals surface area (Å²) in [7, 11) is 0. The largest absolute Gasteiger partial charge is 0.459 e. The molecule has 0 rings (SSSR count). The number of esters is 2. The molecule has 4 nitrogen and oxygen atoms in total. The molecule has 0 aromatic carbocycles. The second-order valence-electron chi connectivity index (χ2n) is 2.59. The topological polar surface area (TPSA) is 52.6 Å². The predicted molar refractivity (Wildman–Crippen MR) is 50.7 cm³/mol. The molecule has 0 aliphatic carbocycles. The van der Waals surface area contributed by atoms with E-state index in [1.807, 2.05) is 0 Å². The summed E-state index contributed by atoms with van der Waals surface area (Å²) in [4.78, 5) is 21.2. The molecule has 0 aromatic rings. The molecule has 0 N–H and O–H groups in total. The first-order chi connectivity index (χ1) is 6.75. The van der Waals surface area contributed by atoms with Gasteiger partial charge < -0.3 is 9.47 Å². The molecule has 0 heterocycles. The Morgan fingerprint density at radius 3 is 2.20 bits per heavy atom. The van der Waals surface area contributed by atoms with Gasteiger partial charge in [0.2, 0.25) is 0 Å². The van der Waals surface area contributed by atoms with Gasteiger partial charge in [-0.2, -0.15) is 8.78 Å². The maximum absolute atomic E-state index is 12.1. The lowest BCUT2D eigenvalue weighted by Gasteiger charge is -2.09. The van der Waals surface area contributed by atoms with Crippen LogP contribution in [0.25, 0.3) is 0 Å². The summed E-state index contributed by atoms with van der Waals surface area (Å²) in [6.07, 6.45) is 0. The number of halogens is 2. The van der Waals surface area contributed by atoms with Crippen molar-refractivity contribution >= 4 is 24.6 Å². The molecule has 7 heteroatoms. The van der Waals surface area contributed by atoms with Crippen molar-refractivity contribution < 1.29 is 27.8 Å². The van der Waals surface area contributed by atoms with Gasteiger partial charge in [0.15, 0.2) is 0 Å². The number of rotatable bonds is 5. The first-order valence-corrected chi connectivity index (χ1v) is 4.30. The molecule has 86 valence electrons. The van der Waals surface area contributed by atoms with Crippen LogP contribution in [0.2, 0.25) is 0 Å². The fraction of sp³-hybridized carbons (Fsp3) is 0.500. The molecule has 0 unspecified atom stereocenters. The van der Waals surface area contributed by atoms with E-state index < -0.39 is 23.8 Å². The van der Waals surface area contributed by atoms with Crippen molar-refractivity contribution in [1.29, 1.82) is 0 Å². The van der Waals surface area contributed by atoms with Crippen LogP contribution in [-0.2, 0) is 19.1 Å². The number of hydrogen-bond donors (Lipinski definition) is 1. The second-order valence-corrected chi connectivity index (χ2v) is 3.16. The van der Waals surface area contributed by atoms with E-state index in [0.717, 1.165) is 0 Å². The van der Waals surface area contributed by atoms with Gasteiger partial charge in [0.05, 0.1) is 0 Å². The minimum absolute atomic E-state index is 0.167. The molecule has 0 radical (unpaired) electrons. The molecule has 0 atom stereocenters. The Labute approximate surface area is 90.6 Å². The number of alkyl halides is 2. The Hall–Kier alpha value is -1.11. The molecule has 0 aliphatic heterocycles. The average Bonchev–Trinajstić information content (AvgIpc) is 2.09. The highest BCUT2D eigenvalue weighted by Gasteiger charge is 2.35. The van der Waals surface area contributed by atoms with Gasteiger partial charge in [-0.1, -0.05) is 19.2 Å². The Morgan fingerprint density at radius 2 is 1.80 bits per heavy atom. The molecule has 0 aromatic heterocycles. The number of carbonyl (C=O) groups is 2. The number of ether oxygens (including phenoxy) is 2. The van der Waals surface area contributed by atoms with Crippen LogP contribution in [0, 0.1) is 0 Å². The predicted octanol–water partition coefficient (Wildman–Crippen LogP) is 1.17. The fourth-order valence-electron chi connectivity index (χ4n) is 0.479. The molecule has 0 fully saturated rings. The van der Waals surface area contributed by atoms with Crippen LogP contribution in [0.5, 0.6) is 0 Å². The zero-order chi connectivity index (χ0) is 12.1. The van der Waals surface area contributed by atoms with E-state index in [9.17, 15) is 18.4 Å². The molecule has 0 aliphatic rings. The summed E-state index contributed by atoms with van der Waals surface area (Å²) < 4.78 is 32.7. The van der Waals surface area contributed by atoms with E-state index in [1.54, 1.807) is 0 Å². The summed E-state index contributed by atoms with van der Waals surface area (Å²) in [5, 5.41) is -3.83. The monoisotopic (exact) mass is 240 g/mol. The van der Waals surface area contributed by atoms with Crippen molar-refractivity contribution in [3.63, 3.8) is 0 Å². The zero-order valence-electron chi connectivity index (χ0n) is 7.96. The quantitative estimate of drug-likeness (QED) is 0.339. The van der Waals surface area contributed by atoms with E-state index in [0.29, 0.717) is 0 Å². The van der Waals surface area contributed by atoms with Crippen LogP contribution in [0.15, 0.2) is 12.2 Å². The lowest BCUT2D eigenvalue weighted by atomic mass is 10.4. The normalized spacial score (nSPS) is 10.7. The van der Waals surface area contributed by atoms with E-state index in [4.69, 9.17) is 0 Å². The van der Waals surface area contributed by atoms with Crippen LogP contribution in [0.3, 0.4) is 0 Å². The summed E-state index contributed by atoms with van der Waals surface area (Å²) >= 11 is 2.70. The SMILES string of the molecule is C=C(C)C(=O)OCCOC(=O)C(F)(F)S. The first kappa shape index (κ1) is 13.9. The Kier molecular flexibility index (Phi) is 5.27. The molecular weight excluding hydrogens is 230 g/mol. The van der Waals surface area contributed by atoms with E-state index >= 15 is 0 Å². The average molecular weight is 240 g/mol. The molecule has 0 saturated heterocycles. The van der Waals surface area contributed by atoms with E-state index in [1.165, 1.54) is 6.92 Å². The van der Waals surface area contributed by atoms with Crippen LogP contribution < -0.4 is 0 Å². The lowest BCUT2D eigenvalue weighted by Crippen LogP contribution is -2.26. The van der Waals surface area contributed by atoms with Gasteiger partial charge >= 0.3 is 17.2 Å². The van der Waals surface area contributed by atoms with Crippen LogP contribution in [0.1, 0.15) is 6.92 Å². The molecular formula is C8H10F2O4S. The summed E-state index contributed by atoms with van der Waals surface area (Å²) in [6, 6.07) is 0. The Balaban J connectivity index is 3.69. The van der Waals surface area contributed by atoms with Crippen molar-refractivity contribution in [2.24, 2.45) is 0 Å². The van der Waals surface area contributed by atoms with Crippen LogP contribution in [0.4, 0.5) is 8.78 Å². The standard InChI is InChI=1S/C8H10F2O4S/c1-5(2)6(11)13-3-4-14-7(12)8(9,10)15/h15H,1,3-4H2,2H3. The van der Waals surface area contributed by atoms with Gasteiger partial charge in [-0.3, -0.25) is 0 Å². The van der Waals surface area contributed by atoms with Crippen molar-refractivity contribution in [2.45, 2.75) is 12.2 Å². The maximum Gasteiger partial charge on any atom is 0.388 e. The van der Waals surface area contributed by atoms with Crippen molar-refractivity contribution in [3.05, 3.63) is 12.2 Å². The number of thiol groups is 1. The molecule has 0 saturated carbocycles. The molecule has 0 bridgehead atoms. The fourth-order valence-corrected chi connectivity index (χ4v) is 0.543. The van der Waals surface area contributed by atoms with Gasteiger partial charge in [0, 0.05) is 5.57 Å². The first-order valence-electron chi connectivity index (χ1n) is 3.85. The van der Waals surface area contributed by atoms with E-state index in [-0.39, 0.29) is 12.2 Å². The lowest BCUT2D eigenvalue weighted by molar-refractivity contribution is -0.163. The van der Waals surface area contributed by atoms with Gasteiger partial charge in [0.25, 0.3) is 0 Å². The zero-order valence-corrected chi connectivity index (χ0v) is 8.85. The highest BCUT2D eigenvalue weighted by atomic mass is 32.1. The smallest absolute Gasteiger partial charge is 0.388 e. The number of carbonyl (C=O) groups excluding carboxylic acids is 2. The van der Waals surface area contributed by atoms with Crippen LogP contribution in [-0.4, -0.2) is 30.4 Å². The third-order valence-electron chi connectivity index (χ3n) is 1.14. The van der Waals surface area contributed by atoms with Gasteiger partial charge in [-0.05, 0) is 6.92 Å². The maximum atomic E-state index is 12.1. The van der Waals surface area contributed by atoms with Gasteiger partial charge in [-0.25, -0.2) is 9.59 Å². The van der Waals surface area contributed by atoms with Crippen molar-refractivity contribution in [2.75, 3.05) is 13.2 Å². The summed E-state index contributed by atoms with van der Waals surface area (Å²) in [5.74, 6) is -2.46. The van der Waals surface area contributed by atoms with Gasteiger partial charge in [0.1, 0.15) is 13.2 Å². The Bertz CT molecular complexity index is 272. The van der Waals surface area contributed by atoms with E-state index in [2.05, 4.69) is 28.7 Å².